The van der Waals surface area contributed by atoms with Crippen LogP contribution in [0.2, 0.25) is 0 Å². The molecule has 0 amide bonds. The summed E-state index contributed by atoms with van der Waals surface area (Å²) >= 11 is 26.2. The Bertz CT molecular complexity index is 1740. The van der Waals surface area contributed by atoms with Crippen molar-refractivity contribution in [1.82, 2.24) is 4.67 Å². The van der Waals surface area contributed by atoms with E-state index >= 15 is 0 Å². The van der Waals surface area contributed by atoms with Crippen LogP contribution in [0.25, 0.3) is 21.5 Å². The summed E-state index contributed by atoms with van der Waals surface area (Å²) in [5.74, 6) is -5.08. The second-order valence-electron chi connectivity index (χ2n) is 8.31. The Morgan fingerprint density at radius 3 is 2.09 bits per heavy atom. The van der Waals surface area contributed by atoms with Gasteiger partial charge >= 0.3 is 7.58 Å². The van der Waals surface area contributed by atoms with Crippen molar-refractivity contribution in [2.24, 2.45) is 13.5 Å². The largest absolute Gasteiger partial charge is 0.470 e. The van der Waals surface area contributed by atoms with Gasteiger partial charge in [-0.3, -0.25) is 0 Å². The summed E-state index contributed by atoms with van der Waals surface area (Å²) in [7, 11) is -3.27. The molecule has 0 aromatic heterocycles. The highest BCUT2D eigenvalue weighted by Crippen LogP contribution is 2.87. The molecular formula is C22H15Cl4N4O2P3. The number of fused-ring (bicyclic) bond motifs is 9. The normalized spacial score (nSPS) is 25.8. The molecule has 3 aliphatic heterocycles. The third kappa shape index (κ3) is 3.69. The van der Waals surface area contributed by atoms with Crippen LogP contribution < -0.4 is 9.26 Å². The molecule has 3 heterocycles. The molecule has 0 bridgehead atoms. The maximum atomic E-state index is 6.72. The smallest absolute Gasteiger partial charge is 0.337 e. The summed E-state index contributed by atoms with van der Waals surface area (Å²) in [5, 5.41) is 4.25. The van der Waals surface area contributed by atoms with Crippen molar-refractivity contribution >= 4 is 85.9 Å². The first-order valence-corrected chi connectivity index (χ1v) is 19.2. The summed E-state index contributed by atoms with van der Waals surface area (Å²) in [4.78, 5) is 0. The Morgan fingerprint density at radius 2 is 1.34 bits per heavy atom. The zero-order valence-electron chi connectivity index (χ0n) is 17.7. The molecule has 0 N–H and O–H groups in total. The van der Waals surface area contributed by atoms with Crippen LogP contribution in [0.3, 0.4) is 0 Å². The zero-order valence-corrected chi connectivity index (χ0v) is 23.4. The Hall–Kier alpha value is -1.19. The molecule has 178 valence electrons. The molecule has 2 atom stereocenters. The van der Waals surface area contributed by atoms with Gasteiger partial charge in [-0.25, -0.2) is 0 Å². The topological polar surface area (TPSA) is 58.8 Å². The van der Waals surface area contributed by atoms with E-state index in [1.54, 1.807) is 0 Å². The van der Waals surface area contributed by atoms with Gasteiger partial charge in [0.2, 0.25) is 0 Å². The molecule has 3 aliphatic rings. The molecule has 4 aromatic rings. The van der Waals surface area contributed by atoms with Crippen LogP contribution in [0, 0.1) is 0 Å². The zero-order chi connectivity index (χ0) is 24.0. The quantitative estimate of drug-likeness (QED) is 0.188. The van der Waals surface area contributed by atoms with Gasteiger partial charge in [0, 0.05) is 12.1 Å². The standard InChI is InChI=1S/C22H15Cl4N4O2P3/c23-33(24)27-34(25,26)29-35(28-33)30-13-18-16-7-3-1-5-14(16)9-11-19(18)31-22(30)21-17-8-4-2-6-15(17)10-12-20(21)32-35/h1-12,22H,13H2/t22-/m1/s1. The highest BCUT2D eigenvalue weighted by atomic mass is 35.9. The van der Waals surface area contributed by atoms with Gasteiger partial charge in [-0.15, -0.1) is 0 Å². The average molecular weight is 602 g/mol. The molecule has 0 radical (unpaired) electrons. The molecule has 0 saturated carbocycles. The van der Waals surface area contributed by atoms with Gasteiger partial charge < -0.3 is 9.26 Å². The van der Waals surface area contributed by atoms with Crippen LogP contribution in [-0.4, -0.2) is 4.67 Å². The Balaban J connectivity index is 1.56. The number of nitrogens with zero attached hydrogens (tertiary/aromatic N) is 4. The number of halogens is 4. The van der Waals surface area contributed by atoms with E-state index in [0.717, 1.165) is 38.4 Å². The molecule has 0 fully saturated rings. The van der Waals surface area contributed by atoms with Crippen molar-refractivity contribution in [1.29, 1.82) is 0 Å². The number of hydrogen-bond donors (Lipinski definition) is 0. The number of ether oxygens (including phenoxy) is 1. The first-order chi connectivity index (χ1) is 16.7. The van der Waals surface area contributed by atoms with Crippen LogP contribution in [-0.2, 0) is 6.54 Å². The molecule has 0 aliphatic carbocycles. The van der Waals surface area contributed by atoms with E-state index in [0.29, 0.717) is 12.3 Å². The lowest BCUT2D eigenvalue weighted by atomic mass is 9.99. The maximum absolute atomic E-state index is 6.72. The van der Waals surface area contributed by atoms with E-state index in [1.165, 1.54) is 0 Å². The third-order valence-corrected chi connectivity index (χ3v) is 17.9. The van der Waals surface area contributed by atoms with Gasteiger partial charge in [-0.2, -0.15) is 18.2 Å². The number of benzene rings is 4. The van der Waals surface area contributed by atoms with Crippen molar-refractivity contribution < 1.29 is 9.26 Å². The van der Waals surface area contributed by atoms with Crippen LogP contribution in [0.1, 0.15) is 17.4 Å². The van der Waals surface area contributed by atoms with Gasteiger partial charge in [-0.1, -0.05) is 60.7 Å². The number of hydrogen-bond acceptors (Lipinski definition) is 6. The van der Waals surface area contributed by atoms with Crippen molar-refractivity contribution in [3.8, 4) is 11.5 Å². The van der Waals surface area contributed by atoms with Crippen LogP contribution in [0.15, 0.2) is 86.3 Å². The van der Waals surface area contributed by atoms with Crippen LogP contribution in [0.5, 0.6) is 11.5 Å². The predicted molar refractivity (Wildman–Crippen MR) is 149 cm³/mol. The highest BCUT2D eigenvalue weighted by molar-refractivity contribution is 8.20. The van der Waals surface area contributed by atoms with Gasteiger partial charge in [0.25, 0.3) is 11.8 Å². The van der Waals surface area contributed by atoms with Crippen molar-refractivity contribution in [3.05, 3.63) is 83.9 Å². The fraction of sp³-hybridized carbons (Fsp3) is 0.0909. The lowest BCUT2D eigenvalue weighted by Gasteiger charge is -2.46. The minimum absolute atomic E-state index is 0.437. The third-order valence-electron chi connectivity index (χ3n) is 6.22. The van der Waals surface area contributed by atoms with Crippen molar-refractivity contribution in [2.75, 3.05) is 0 Å². The van der Waals surface area contributed by atoms with Gasteiger partial charge in [0.05, 0.1) is 5.56 Å². The number of rotatable bonds is 0. The second-order valence-corrected chi connectivity index (χ2v) is 20.7. The minimum atomic E-state index is -3.27. The monoisotopic (exact) mass is 600 g/mol. The Labute approximate surface area is 220 Å². The summed E-state index contributed by atoms with van der Waals surface area (Å²) in [6.45, 7) is 0.437. The van der Waals surface area contributed by atoms with E-state index in [-0.39, 0.29) is 0 Å². The molecule has 13 heteroatoms. The molecular weight excluding hydrogens is 587 g/mol. The molecule has 0 unspecified atom stereocenters. The average Bonchev–Trinajstić information content (AvgIpc) is 2.81. The molecule has 1 spiro atoms. The molecule has 4 aromatic carbocycles. The van der Waals surface area contributed by atoms with Gasteiger partial charge in [0.1, 0.15) is 11.5 Å². The van der Waals surface area contributed by atoms with Crippen molar-refractivity contribution in [3.63, 3.8) is 0 Å². The summed E-state index contributed by atoms with van der Waals surface area (Å²) < 4.78 is 28.9. The van der Waals surface area contributed by atoms with Gasteiger partial charge in [0.15, 0.2) is 6.23 Å². The van der Waals surface area contributed by atoms with Crippen molar-refractivity contribution in [2.45, 2.75) is 12.8 Å². The highest BCUT2D eigenvalue weighted by Gasteiger charge is 2.51. The first-order valence-electron chi connectivity index (χ1n) is 10.6. The summed E-state index contributed by atoms with van der Waals surface area (Å²) in [5.41, 5.74) is 1.89. The lowest BCUT2D eigenvalue weighted by Crippen LogP contribution is -2.37. The maximum Gasteiger partial charge on any atom is 0.337 e. The van der Waals surface area contributed by atoms with E-state index in [2.05, 4.69) is 34.8 Å². The SMILES string of the molecule is ClP1(Cl)=NP(Cl)(Cl)=N[P@]2(=N1)Oc1ccc3ccccc3c1[C@H]1Oc3ccc4ccccc4c3CN12. The minimum Gasteiger partial charge on any atom is -0.470 e. The predicted octanol–water partition coefficient (Wildman–Crippen LogP) is 11.1. The molecule has 7 rings (SSSR count). The van der Waals surface area contributed by atoms with E-state index in [4.69, 9.17) is 63.3 Å². The lowest BCUT2D eigenvalue weighted by molar-refractivity contribution is 0.0504. The van der Waals surface area contributed by atoms with Crippen LogP contribution in [0.4, 0.5) is 0 Å². The fourth-order valence-corrected chi connectivity index (χ4v) is 19.9. The molecule has 6 nitrogen and oxygen atoms in total. The van der Waals surface area contributed by atoms with E-state index in [9.17, 15) is 0 Å². The first kappa shape index (κ1) is 23.0. The Kier molecular flexibility index (Phi) is 5.19. The van der Waals surface area contributed by atoms with E-state index in [1.807, 2.05) is 47.1 Å². The molecule has 35 heavy (non-hydrogen) atoms. The van der Waals surface area contributed by atoms with Crippen LogP contribution >= 0.6 is 64.4 Å². The van der Waals surface area contributed by atoms with Gasteiger partial charge in [-0.05, 0) is 78.6 Å². The Morgan fingerprint density at radius 1 is 0.714 bits per heavy atom. The molecule has 0 saturated heterocycles. The fourth-order valence-electron chi connectivity index (χ4n) is 4.85. The second kappa shape index (κ2) is 7.90. The summed E-state index contributed by atoms with van der Waals surface area (Å²) in [6.07, 6.45) is -0.556. The summed E-state index contributed by atoms with van der Waals surface area (Å²) in [6, 6.07) is 24.2. The van der Waals surface area contributed by atoms with E-state index < -0.39 is 25.6 Å².